The van der Waals surface area contributed by atoms with Crippen LogP contribution in [0.25, 0.3) is 5.82 Å². The van der Waals surface area contributed by atoms with Crippen LogP contribution in [0.2, 0.25) is 5.15 Å². The SMILES string of the molecule is Cc1cnn(-c2ccc(C(=O)N3Cc4cccn4Cc4ccccc43)c(Cl)n2)c1. The molecule has 0 spiro atoms. The molecule has 144 valence electrons. The molecule has 7 heteroatoms. The van der Waals surface area contributed by atoms with Crippen molar-refractivity contribution in [2.75, 3.05) is 4.90 Å². The number of aryl methyl sites for hydroxylation is 1. The molecule has 0 fully saturated rings. The van der Waals surface area contributed by atoms with Crippen LogP contribution in [0, 0.1) is 6.92 Å². The van der Waals surface area contributed by atoms with Crippen molar-refractivity contribution < 1.29 is 4.79 Å². The number of carbonyl (C=O) groups is 1. The van der Waals surface area contributed by atoms with Gasteiger partial charge in [-0.15, -0.1) is 0 Å². The molecule has 1 amide bonds. The molecule has 0 saturated heterocycles. The van der Waals surface area contributed by atoms with Gasteiger partial charge in [-0.25, -0.2) is 9.67 Å². The van der Waals surface area contributed by atoms with Gasteiger partial charge in [-0.3, -0.25) is 4.79 Å². The Kier molecular flexibility index (Phi) is 4.21. The van der Waals surface area contributed by atoms with Crippen molar-refractivity contribution in [1.29, 1.82) is 0 Å². The minimum Gasteiger partial charge on any atom is -0.345 e. The number of pyridine rings is 1. The number of amides is 1. The highest BCUT2D eigenvalue weighted by Crippen LogP contribution is 2.30. The van der Waals surface area contributed by atoms with Crippen molar-refractivity contribution >= 4 is 23.2 Å². The van der Waals surface area contributed by atoms with E-state index in [0.29, 0.717) is 17.9 Å². The first-order valence-corrected chi connectivity index (χ1v) is 9.70. The van der Waals surface area contributed by atoms with E-state index in [2.05, 4.69) is 14.6 Å². The van der Waals surface area contributed by atoms with E-state index in [1.807, 2.05) is 55.7 Å². The summed E-state index contributed by atoms with van der Waals surface area (Å²) in [5.74, 6) is 0.401. The van der Waals surface area contributed by atoms with Gasteiger partial charge in [0.25, 0.3) is 5.91 Å². The average molecular weight is 404 g/mol. The van der Waals surface area contributed by atoms with Crippen LogP contribution in [0.4, 0.5) is 5.69 Å². The number of hydrogen-bond acceptors (Lipinski definition) is 3. The molecule has 5 rings (SSSR count). The van der Waals surface area contributed by atoms with Crippen LogP contribution in [-0.2, 0) is 13.1 Å². The molecule has 1 aliphatic rings. The third-order valence-corrected chi connectivity index (χ3v) is 5.41. The van der Waals surface area contributed by atoms with Crippen molar-refractivity contribution in [3.8, 4) is 5.82 Å². The van der Waals surface area contributed by atoms with Crippen LogP contribution in [0.15, 0.2) is 67.1 Å². The van der Waals surface area contributed by atoms with Gasteiger partial charge in [0, 0.05) is 30.3 Å². The predicted molar refractivity (Wildman–Crippen MR) is 112 cm³/mol. The fourth-order valence-electron chi connectivity index (χ4n) is 3.66. The highest BCUT2D eigenvalue weighted by molar-refractivity contribution is 6.33. The van der Waals surface area contributed by atoms with E-state index in [1.54, 1.807) is 27.9 Å². The van der Waals surface area contributed by atoms with Crippen molar-refractivity contribution in [3.63, 3.8) is 0 Å². The largest absolute Gasteiger partial charge is 0.345 e. The first-order valence-electron chi connectivity index (χ1n) is 9.32. The summed E-state index contributed by atoms with van der Waals surface area (Å²) in [6.07, 6.45) is 5.65. The highest BCUT2D eigenvalue weighted by atomic mass is 35.5. The normalized spacial score (nSPS) is 13.0. The summed E-state index contributed by atoms with van der Waals surface area (Å²) >= 11 is 6.44. The molecule has 0 unspecified atom stereocenters. The third kappa shape index (κ3) is 3.11. The molecule has 4 aromatic rings. The zero-order valence-corrected chi connectivity index (χ0v) is 16.5. The topological polar surface area (TPSA) is 56.0 Å². The highest BCUT2D eigenvalue weighted by Gasteiger charge is 2.26. The maximum atomic E-state index is 13.5. The Labute approximate surface area is 173 Å². The Balaban J connectivity index is 1.55. The second-order valence-corrected chi connectivity index (χ2v) is 7.48. The number of halogens is 1. The Bertz CT molecular complexity index is 1230. The monoisotopic (exact) mass is 403 g/mol. The second kappa shape index (κ2) is 6.90. The molecule has 3 aromatic heterocycles. The number of fused-ring (bicyclic) bond motifs is 2. The van der Waals surface area contributed by atoms with Crippen molar-refractivity contribution in [2.45, 2.75) is 20.0 Å². The molecule has 0 saturated carbocycles. The van der Waals surface area contributed by atoms with Crippen LogP contribution >= 0.6 is 11.6 Å². The Hall–Kier alpha value is -3.38. The van der Waals surface area contributed by atoms with Crippen LogP contribution in [-0.4, -0.2) is 25.2 Å². The third-order valence-electron chi connectivity index (χ3n) is 5.12. The van der Waals surface area contributed by atoms with E-state index in [1.165, 1.54) is 0 Å². The molecule has 29 heavy (non-hydrogen) atoms. The minimum atomic E-state index is -0.173. The first-order chi connectivity index (χ1) is 14.1. The molecule has 0 aliphatic carbocycles. The van der Waals surface area contributed by atoms with Gasteiger partial charge in [-0.05, 0) is 48.4 Å². The number of para-hydroxylation sites is 1. The molecule has 0 N–H and O–H groups in total. The summed E-state index contributed by atoms with van der Waals surface area (Å²) < 4.78 is 3.80. The Morgan fingerprint density at radius 2 is 1.93 bits per heavy atom. The van der Waals surface area contributed by atoms with E-state index in [9.17, 15) is 4.79 Å². The van der Waals surface area contributed by atoms with E-state index < -0.39 is 0 Å². The average Bonchev–Trinajstić information content (AvgIpc) is 3.32. The zero-order chi connectivity index (χ0) is 20.0. The molecule has 0 radical (unpaired) electrons. The summed E-state index contributed by atoms with van der Waals surface area (Å²) in [7, 11) is 0. The van der Waals surface area contributed by atoms with Gasteiger partial charge >= 0.3 is 0 Å². The van der Waals surface area contributed by atoms with Gasteiger partial charge in [0.1, 0.15) is 5.15 Å². The maximum Gasteiger partial charge on any atom is 0.261 e. The summed E-state index contributed by atoms with van der Waals surface area (Å²) in [5, 5.41) is 4.41. The number of aromatic nitrogens is 4. The van der Waals surface area contributed by atoms with E-state index in [4.69, 9.17) is 11.6 Å². The Morgan fingerprint density at radius 1 is 1.07 bits per heavy atom. The fraction of sp³-hybridized carbons (Fsp3) is 0.136. The lowest BCUT2D eigenvalue weighted by Crippen LogP contribution is -2.31. The van der Waals surface area contributed by atoms with E-state index in [-0.39, 0.29) is 11.1 Å². The molecule has 4 heterocycles. The van der Waals surface area contributed by atoms with Gasteiger partial charge in [0.05, 0.1) is 18.3 Å². The molecule has 0 bridgehead atoms. The molecule has 0 atom stereocenters. The number of hydrogen-bond donors (Lipinski definition) is 0. The summed E-state index contributed by atoms with van der Waals surface area (Å²) in [5.41, 5.74) is 4.44. The van der Waals surface area contributed by atoms with Crippen LogP contribution in [0.1, 0.15) is 27.2 Å². The van der Waals surface area contributed by atoms with Gasteiger partial charge in [0.2, 0.25) is 0 Å². The number of nitrogens with zero attached hydrogens (tertiary/aromatic N) is 5. The van der Waals surface area contributed by atoms with Crippen LogP contribution in [0.5, 0.6) is 0 Å². The number of rotatable bonds is 2. The molecule has 1 aromatic carbocycles. The standard InChI is InChI=1S/C22H18ClN5O/c1-15-11-24-28(12-15)20-9-8-18(21(23)25-20)22(29)27-14-17-6-4-10-26(17)13-16-5-2-3-7-19(16)27/h2-12H,13-14H2,1H3. The summed E-state index contributed by atoms with van der Waals surface area (Å²) in [6, 6.07) is 15.5. The second-order valence-electron chi connectivity index (χ2n) is 7.12. The summed E-state index contributed by atoms with van der Waals surface area (Å²) in [4.78, 5) is 19.7. The molecular weight excluding hydrogens is 386 g/mol. The van der Waals surface area contributed by atoms with Crippen LogP contribution < -0.4 is 4.90 Å². The lowest BCUT2D eigenvalue weighted by molar-refractivity contribution is 0.0984. The predicted octanol–water partition coefficient (Wildman–Crippen LogP) is 4.24. The van der Waals surface area contributed by atoms with Gasteiger partial charge in [0.15, 0.2) is 5.82 Å². The number of benzene rings is 1. The molecule has 1 aliphatic heterocycles. The maximum absolute atomic E-state index is 13.5. The van der Waals surface area contributed by atoms with Gasteiger partial charge in [-0.1, -0.05) is 29.8 Å². The van der Waals surface area contributed by atoms with Crippen molar-refractivity contribution in [3.05, 3.63) is 94.7 Å². The molecular formula is C22H18ClN5O. The molecule has 6 nitrogen and oxygen atoms in total. The first kappa shape index (κ1) is 17.7. The number of anilines is 1. The quantitative estimate of drug-likeness (QED) is 0.470. The lowest BCUT2D eigenvalue weighted by Gasteiger charge is -2.23. The van der Waals surface area contributed by atoms with Crippen molar-refractivity contribution in [1.82, 2.24) is 19.3 Å². The lowest BCUT2D eigenvalue weighted by atomic mass is 10.1. The van der Waals surface area contributed by atoms with E-state index >= 15 is 0 Å². The smallest absolute Gasteiger partial charge is 0.261 e. The van der Waals surface area contributed by atoms with Crippen molar-refractivity contribution in [2.24, 2.45) is 0 Å². The van der Waals surface area contributed by atoms with Gasteiger partial charge < -0.3 is 9.47 Å². The van der Waals surface area contributed by atoms with E-state index in [0.717, 1.165) is 29.1 Å². The minimum absolute atomic E-state index is 0.165. The van der Waals surface area contributed by atoms with Crippen LogP contribution in [0.3, 0.4) is 0 Å². The zero-order valence-electron chi connectivity index (χ0n) is 15.8. The number of carbonyl (C=O) groups excluding carboxylic acids is 1. The Morgan fingerprint density at radius 3 is 2.72 bits per heavy atom. The van der Waals surface area contributed by atoms with Gasteiger partial charge in [-0.2, -0.15) is 5.10 Å². The summed E-state index contributed by atoms with van der Waals surface area (Å²) in [6.45, 7) is 3.15. The fourth-order valence-corrected chi connectivity index (χ4v) is 3.89.